The van der Waals surface area contributed by atoms with Crippen molar-refractivity contribution in [2.75, 3.05) is 6.26 Å². The summed E-state index contributed by atoms with van der Waals surface area (Å²) in [4.78, 5) is 11.8. The zero-order chi connectivity index (χ0) is 20.6. The number of sulfone groups is 1. The van der Waals surface area contributed by atoms with Crippen LogP contribution in [0.2, 0.25) is 0 Å². The van der Waals surface area contributed by atoms with Crippen LogP contribution in [0.1, 0.15) is 17.3 Å². The van der Waals surface area contributed by atoms with Gasteiger partial charge >= 0.3 is 0 Å². The smallest absolute Gasteiger partial charge is 0.239 e. The van der Waals surface area contributed by atoms with Crippen molar-refractivity contribution in [3.05, 3.63) is 71.7 Å². The Hall–Kier alpha value is -2.97. The molecule has 0 saturated carbocycles. The molecule has 0 aliphatic carbocycles. The maximum Gasteiger partial charge on any atom is 0.239 e. The first-order valence-electron chi connectivity index (χ1n) is 8.43. The van der Waals surface area contributed by atoms with E-state index in [1.165, 1.54) is 24.3 Å². The largest absolute Gasteiger partial charge is 0.368 e. The van der Waals surface area contributed by atoms with E-state index >= 15 is 0 Å². The molecule has 0 aliphatic rings. The molecule has 146 valence electrons. The second kappa shape index (κ2) is 7.21. The minimum Gasteiger partial charge on any atom is -0.368 e. The summed E-state index contributed by atoms with van der Waals surface area (Å²) in [7, 11) is -3.33. The molecule has 28 heavy (non-hydrogen) atoms. The Bertz CT molecular complexity index is 1150. The van der Waals surface area contributed by atoms with Gasteiger partial charge in [0.05, 0.1) is 10.6 Å². The average molecular weight is 401 g/mol. The van der Waals surface area contributed by atoms with E-state index in [4.69, 9.17) is 11.5 Å². The van der Waals surface area contributed by atoms with Crippen molar-refractivity contribution >= 4 is 15.7 Å². The number of amides is 1. The predicted octanol–water partition coefficient (Wildman–Crippen LogP) is 2.48. The number of carbonyl (C=O) groups excluding carboxylic acids is 1. The lowest BCUT2D eigenvalue weighted by atomic mass is 10.1. The van der Waals surface area contributed by atoms with Crippen LogP contribution in [-0.4, -0.2) is 25.1 Å². The molecule has 3 rings (SSSR count). The Morgan fingerprint density at radius 3 is 2.29 bits per heavy atom. The monoisotopic (exact) mass is 401 g/mol. The number of nitrogens with zero attached hydrogens (tertiary/aromatic N) is 1. The lowest BCUT2D eigenvalue weighted by Gasteiger charge is -2.13. The molecule has 4 N–H and O–H groups in total. The highest BCUT2D eigenvalue weighted by atomic mass is 32.2. The Kier molecular flexibility index (Phi) is 5.10. The number of aromatic nitrogens is 1. The summed E-state index contributed by atoms with van der Waals surface area (Å²) in [6, 6.07) is 13.0. The lowest BCUT2D eigenvalue weighted by molar-refractivity contribution is -0.119. The van der Waals surface area contributed by atoms with Gasteiger partial charge in [-0.1, -0.05) is 18.2 Å². The van der Waals surface area contributed by atoms with Crippen LogP contribution in [0.15, 0.2) is 59.5 Å². The predicted molar refractivity (Wildman–Crippen MR) is 105 cm³/mol. The van der Waals surface area contributed by atoms with E-state index in [9.17, 15) is 17.6 Å². The third-order valence-electron chi connectivity index (χ3n) is 4.57. The van der Waals surface area contributed by atoms with Crippen LogP contribution < -0.4 is 11.5 Å². The number of carbonyl (C=O) groups is 1. The molecule has 0 bridgehead atoms. The molecule has 0 spiro atoms. The third-order valence-corrected chi connectivity index (χ3v) is 5.70. The normalized spacial score (nSPS) is 12.7. The highest BCUT2D eigenvalue weighted by Gasteiger charge is 2.22. The zero-order valence-corrected chi connectivity index (χ0v) is 16.2. The summed E-state index contributed by atoms with van der Waals surface area (Å²) in [5.41, 5.74) is 14.3. The van der Waals surface area contributed by atoms with Gasteiger partial charge in [0, 0.05) is 17.6 Å². The van der Waals surface area contributed by atoms with Crippen molar-refractivity contribution in [1.29, 1.82) is 0 Å². The first-order chi connectivity index (χ1) is 13.1. The minimum atomic E-state index is -3.33. The SMILES string of the molecule is Cc1c(C(N)C(N)=O)cc(-c2ccc(S(C)(=O)=O)cc2)n1-c1cccc(F)c1. The molecule has 0 radical (unpaired) electrons. The topological polar surface area (TPSA) is 108 Å². The van der Waals surface area contributed by atoms with Gasteiger partial charge in [-0.25, -0.2) is 12.8 Å². The van der Waals surface area contributed by atoms with E-state index in [1.54, 1.807) is 41.8 Å². The molecular weight excluding hydrogens is 381 g/mol. The highest BCUT2D eigenvalue weighted by molar-refractivity contribution is 7.90. The summed E-state index contributed by atoms with van der Waals surface area (Å²) < 4.78 is 39.0. The van der Waals surface area contributed by atoms with Gasteiger partial charge in [-0.3, -0.25) is 4.79 Å². The highest BCUT2D eigenvalue weighted by Crippen LogP contribution is 2.32. The zero-order valence-electron chi connectivity index (χ0n) is 15.4. The molecule has 8 heteroatoms. The van der Waals surface area contributed by atoms with Crippen molar-refractivity contribution in [2.24, 2.45) is 11.5 Å². The molecule has 0 saturated heterocycles. The fraction of sp³-hybridized carbons (Fsp3) is 0.150. The van der Waals surface area contributed by atoms with Crippen LogP contribution in [0.3, 0.4) is 0 Å². The molecule has 0 fully saturated rings. The van der Waals surface area contributed by atoms with Crippen LogP contribution in [0.5, 0.6) is 0 Å². The van der Waals surface area contributed by atoms with Gasteiger partial charge in [-0.05, 0) is 54.4 Å². The maximum absolute atomic E-state index is 13.8. The van der Waals surface area contributed by atoms with E-state index in [2.05, 4.69) is 0 Å². The summed E-state index contributed by atoms with van der Waals surface area (Å²) in [5, 5.41) is 0. The summed E-state index contributed by atoms with van der Waals surface area (Å²) in [6.45, 7) is 1.76. The molecule has 3 aromatic rings. The van der Waals surface area contributed by atoms with Gasteiger partial charge in [-0.15, -0.1) is 0 Å². The van der Waals surface area contributed by atoms with Gasteiger partial charge in [0.2, 0.25) is 5.91 Å². The standard InChI is InChI=1S/C20H20FN3O3S/c1-12-17(19(22)20(23)25)11-18(24(12)15-5-3-4-14(21)10-15)13-6-8-16(9-7-13)28(2,26)27/h3-11,19H,22H2,1-2H3,(H2,23,25). The van der Waals surface area contributed by atoms with Crippen molar-refractivity contribution in [2.45, 2.75) is 17.9 Å². The second-order valence-corrected chi connectivity index (χ2v) is 8.58. The second-order valence-electron chi connectivity index (χ2n) is 6.56. The number of hydrogen-bond acceptors (Lipinski definition) is 4. The number of benzene rings is 2. The van der Waals surface area contributed by atoms with Crippen molar-refractivity contribution < 1.29 is 17.6 Å². The van der Waals surface area contributed by atoms with Crippen LogP contribution in [0.25, 0.3) is 16.9 Å². The van der Waals surface area contributed by atoms with E-state index in [0.29, 0.717) is 28.2 Å². The molecule has 6 nitrogen and oxygen atoms in total. The lowest BCUT2D eigenvalue weighted by Crippen LogP contribution is -2.28. The first kappa shape index (κ1) is 19.8. The van der Waals surface area contributed by atoms with Gasteiger partial charge < -0.3 is 16.0 Å². The molecular formula is C20H20FN3O3S. The number of rotatable bonds is 5. The molecule has 2 aromatic carbocycles. The van der Waals surface area contributed by atoms with Gasteiger partial charge in [0.1, 0.15) is 11.9 Å². The van der Waals surface area contributed by atoms with E-state index in [0.717, 1.165) is 6.26 Å². The number of halogens is 1. The van der Waals surface area contributed by atoms with E-state index < -0.39 is 27.6 Å². The Morgan fingerprint density at radius 2 is 1.75 bits per heavy atom. The van der Waals surface area contributed by atoms with Gasteiger partial charge in [0.25, 0.3) is 0 Å². The maximum atomic E-state index is 13.8. The average Bonchev–Trinajstić information content (AvgIpc) is 2.97. The van der Waals surface area contributed by atoms with Gasteiger partial charge in [0.15, 0.2) is 9.84 Å². The molecule has 1 unspecified atom stereocenters. The van der Waals surface area contributed by atoms with E-state index in [-0.39, 0.29) is 4.90 Å². The number of primary amides is 1. The molecule has 1 atom stereocenters. The first-order valence-corrected chi connectivity index (χ1v) is 10.3. The molecule has 1 amide bonds. The fourth-order valence-electron chi connectivity index (χ4n) is 3.13. The van der Waals surface area contributed by atoms with Crippen LogP contribution >= 0.6 is 0 Å². The number of nitrogens with two attached hydrogens (primary N) is 2. The number of hydrogen-bond donors (Lipinski definition) is 2. The molecule has 1 heterocycles. The Labute approximate surface area is 162 Å². The minimum absolute atomic E-state index is 0.186. The summed E-state index contributed by atoms with van der Waals surface area (Å²) in [5.74, 6) is -1.09. The Morgan fingerprint density at radius 1 is 1.11 bits per heavy atom. The van der Waals surface area contributed by atoms with Gasteiger partial charge in [-0.2, -0.15) is 0 Å². The van der Waals surface area contributed by atoms with Crippen LogP contribution in [-0.2, 0) is 14.6 Å². The van der Waals surface area contributed by atoms with E-state index in [1.807, 2.05) is 0 Å². The molecule has 1 aromatic heterocycles. The quantitative estimate of drug-likeness (QED) is 0.685. The Balaban J connectivity index is 2.24. The summed E-state index contributed by atoms with van der Waals surface area (Å²) in [6.07, 6.45) is 1.13. The van der Waals surface area contributed by atoms with Crippen LogP contribution in [0, 0.1) is 12.7 Å². The summed E-state index contributed by atoms with van der Waals surface area (Å²) >= 11 is 0. The fourth-order valence-corrected chi connectivity index (χ4v) is 3.76. The molecule has 0 aliphatic heterocycles. The van der Waals surface area contributed by atoms with Crippen molar-refractivity contribution in [3.8, 4) is 16.9 Å². The van der Waals surface area contributed by atoms with Crippen LogP contribution in [0.4, 0.5) is 4.39 Å². The third kappa shape index (κ3) is 3.69. The van der Waals surface area contributed by atoms with Crippen molar-refractivity contribution in [1.82, 2.24) is 4.57 Å². The van der Waals surface area contributed by atoms with Crippen molar-refractivity contribution in [3.63, 3.8) is 0 Å².